The molecule has 7 heteroatoms. The van der Waals surface area contributed by atoms with E-state index in [1.54, 1.807) is 37.4 Å². The molecule has 0 atom stereocenters. The van der Waals surface area contributed by atoms with Gasteiger partial charge in [0.05, 0.1) is 5.69 Å². The van der Waals surface area contributed by atoms with Gasteiger partial charge in [-0.1, -0.05) is 25.3 Å². The molecule has 0 bridgehead atoms. The largest absolute Gasteiger partial charge is 0.457 e. The smallest absolute Gasteiger partial charge is 0.251 e. The second kappa shape index (κ2) is 10.9. The van der Waals surface area contributed by atoms with Gasteiger partial charge in [-0.2, -0.15) is 0 Å². The third-order valence-electron chi connectivity index (χ3n) is 6.87. The van der Waals surface area contributed by atoms with E-state index < -0.39 is 11.6 Å². The fourth-order valence-electron chi connectivity index (χ4n) is 4.89. The first kappa shape index (κ1) is 24.7. The number of hydrogen-bond acceptors (Lipinski definition) is 3. The minimum Gasteiger partial charge on any atom is -0.457 e. The van der Waals surface area contributed by atoms with Gasteiger partial charge in [0, 0.05) is 62.9 Å². The molecular weight excluding hydrogens is 472 g/mol. The molecule has 2 aromatic heterocycles. The van der Waals surface area contributed by atoms with Crippen LogP contribution >= 0.6 is 0 Å². The van der Waals surface area contributed by atoms with Crippen molar-refractivity contribution in [1.29, 1.82) is 0 Å². The van der Waals surface area contributed by atoms with Crippen LogP contribution in [0, 0.1) is 18.6 Å². The van der Waals surface area contributed by atoms with Crippen LogP contribution in [0.25, 0.3) is 11.3 Å². The number of pyridine rings is 1. The van der Waals surface area contributed by atoms with Crippen LogP contribution in [0.15, 0.2) is 73.2 Å². The van der Waals surface area contributed by atoms with Gasteiger partial charge in [0.2, 0.25) is 0 Å². The molecule has 1 saturated carbocycles. The van der Waals surface area contributed by atoms with E-state index in [1.165, 1.54) is 44.2 Å². The summed E-state index contributed by atoms with van der Waals surface area (Å²) >= 11 is 0. The first-order valence-electron chi connectivity index (χ1n) is 12.6. The van der Waals surface area contributed by atoms with Gasteiger partial charge < -0.3 is 14.6 Å². The number of hydrogen-bond donors (Lipinski definition) is 1. The van der Waals surface area contributed by atoms with E-state index in [0.717, 1.165) is 17.3 Å². The maximum Gasteiger partial charge on any atom is 0.251 e. The van der Waals surface area contributed by atoms with Crippen molar-refractivity contribution >= 4 is 5.91 Å². The lowest BCUT2D eigenvalue weighted by molar-refractivity contribution is 0.0950. The SMILES string of the molecule is Cc1c(Oc2ccnc(-c3ccn(C4CCCCC4)c3)c2)cccc1C(=O)NCc1cc(F)cc(F)c1.[HH].[HH]. The number of aromatic nitrogens is 2. The minimum atomic E-state index is -0.682. The number of carbonyl (C=O) groups is 1. The Morgan fingerprint density at radius 1 is 1.08 bits per heavy atom. The monoisotopic (exact) mass is 505 g/mol. The summed E-state index contributed by atoms with van der Waals surface area (Å²) in [4.78, 5) is 17.4. The molecule has 1 amide bonds. The van der Waals surface area contributed by atoms with Gasteiger partial charge >= 0.3 is 0 Å². The van der Waals surface area contributed by atoms with Gasteiger partial charge in [0.25, 0.3) is 5.91 Å². The third kappa shape index (κ3) is 5.88. The van der Waals surface area contributed by atoms with Gasteiger partial charge in [-0.15, -0.1) is 0 Å². The average Bonchev–Trinajstić information content (AvgIpc) is 3.39. The molecule has 2 aromatic carbocycles. The van der Waals surface area contributed by atoms with Gasteiger partial charge in [0.15, 0.2) is 0 Å². The first-order chi connectivity index (χ1) is 18.0. The van der Waals surface area contributed by atoms with Gasteiger partial charge in [-0.25, -0.2) is 8.78 Å². The van der Waals surface area contributed by atoms with Crippen LogP contribution in [-0.2, 0) is 6.54 Å². The standard InChI is InChI=1S/C30H29F2N3O2.2H2/c1-20-27(30(36)34-18-21-14-23(31)16-24(32)15-21)8-5-9-29(20)37-26-10-12-33-28(17-26)22-11-13-35(19-22)25-6-3-2-4-7-25;;/h5,8-17,19,25H,2-4,6-7,18H2,1H3,(H,34,36);2*1H. The summed E-state index contributed by atoms with van der Waals surface area (Å²) in [6, 6.07) is 14.7. The number of halogens is 2. The van der Waals surface area contributed by atoms with Crippen molar-refractivity contribution in [3.63, 3.8) is 0 Å². The molecule has 5 rings (SSSR count). The number of carbonyl (C=O) groups excluding carboxylic acids is 1. The number of benzene rings is 2. The summed E-state index contributed by atoms with van der Waals surface area (Å²) in [5.41, 5.74) is 3.29. The Morgan fingerprint density at radius 2 is 1.86 bits per heavy atom. The number of rotatable bonds is 7. The Hall–Kier alpha value is -4.00. The normalized spacial score (nSPS) is 13.9. The minimum absolute atomic E-state index is 0. The molecule has 0 spiro atoms. The molecule has 1 fully saturated rings. The van der Waals surface area contributed by atoms with E-state index in [-0.39, 0.29) is 15.3 Å². The Labute approximate surface area is 218 Å². The maximum absolute atomic E-state index is 13.4. The molecule has 5 nitrogen and oxygen atoms in total. The quantitative estimate of drug-likeness (QED) is 0.278. The summed E-state index contributed by atoms with van der Waals surface area (Å²) in [6.45, 7) is 1.81. The van der Waals surface area contributed by atoms with Crippen molar-refractivity contribution in [3.05, 3.63) is 102 Å². The predicted molar refractivity (Wildman–Crippen MR) is 143 cm³/mol. The molecule has 4 aromatic rings. The first-order valence-corrected chi connectivity index (χ1v) is 12.6. The molecule has 0 saturated heterocycles. The molecule has 0 unspecified atom stereocenters. The van der Waals surface area contributed by atoms with Crippen LogP contribution in [0.4, 0.5) is 8.78 Å². The van der Waals surface area contributed by atoms with Crippen molar-refractivity contribution in [3.8, 4) is 22.8 Å². The van der Waals surface area contributed by atoms with Gasteiger partial charge in [0.1, 0.15) is 23.1 Å². The Balaban J connectivity index is 0.00000210. The van der Waals surface area contributed by atoms with Crippen LogP contribution < -0.4 is 10.1 Å². The number of nitrogens with zero attached hydrogens (tertiary/aromatic N) is 2. The molecule has 0 aliphatic heterocycles. The zero-order valence-electron chi connectivity index (χ0n) is 20.7. The lowest BCUT2D eigenvalue weighted by atomic mass is 9.95. The maximum atomic E-state index is 13.4. The van der Waals surface area contributed by atoms with E-state index in [4.69, 9.17) is 4.74 Å². The van der Waals surface area contributed by atoms with Crippen molar-refractivity contribution in [2.24, 2.45) is 0 Å². The molecule has 194 valence electrons. The highest BCUT2D eigenvalue weighted by atomic mass is 19.1. The van der Waals surface area contributed by atoms with E-state index in [0.29, 0.717) is 34.2 Å². The molecule has 1 aliphatic rings. The lowest BCUT2D eigenvalue weighted by Gasteiger charge is -2.23. The molecule has 0 radical (unpaired) electrons. The van der Waals surface area contributed by atoms with Crippen LogP contribution in [-0.4, -0.2) is 15.5 Å². The highest BCUT2D eigenvalue weighted by Gasteiger charge is 2.17. The fourth-order valence-corrected chi connectivity index (χ4v) is 4.89. The number of amides is 1. The second-order valence-corrected chi connectivity index (χ2v) is 9.51. The Bertz CT molecular complexity index is 1400. The van der Waals surface area contributed by atoms with Crippen molar-refractivity contribution in [2.75, 3.05) is 0 Å². The van der Waals surface area contributed by atoms with Gasteiger partial charge in [-0.3, -0.25) is 9.78 Å². The molecule has 37 heavy (non-hydrogen) atoms. The molecule has 1 N–H and O–H groups in total. The lowest BCUT2D eigenvalue weighted by Crippen LogP contribution is -2.23. The summed E-state index contributed by atoms with van der Waals surface area (Å²) in [5, 5.41) is 2.72. The van der Waals surface area contributed by atoms with E-state index in [1.807, 2.05) is 6.07 Å². The van der Waals surface area contributed by atoms with Crippen LogP contribution in [0.3, 0.4) is 0 Å². The second-order valence-electron chi connectivity index (χ2n) is 9.51. The topological polar surface area (TPSA) is 56.2 Å². The highest BCUT2D eigenvalue weighted by Crippen LogP contribution is 2.32. The Kier molecular flexibility index (Phi) is 7.30. The summed E-state index contributed by atoms with van der Waals surface area (Å²) < 4.78 is 35.3. The Morgan fingerprint density at radius 3 is 2.65 bits per heavy atom. The zero-order valence-corrected chi connectivity index (χ0v) is 20.7. The van der Waals surface area contributed by atoms with Crippen molar-refractivity contribution < 1.29 is 21.2 Å². The molecule has 1 aliphatic carbocycles. The van der Waals surface area contributed by atoms with E-state index in [2.05, 4.69) is 33.3 Å². The van der Waals surface area contributed by atoms with Gasteiger partial charge in [-0.05, 0) is 61.7 Å². The summed E-state index contributed by atoms with van der Waals surface area (Å²) in [6.07, 6.45) is 12.3. The third-order valence-corrected chi connectivity index (χ3v) is 6.87. The predicted octanol–water partition coefficient (Wildman–Crippen LogP) is 7.86. The van der Waals surface area contributed by atoms with Crippen LogP contribution in [0.5, 0.6) is 11.5 Å². The summed E-state index contributed by atoms with van der Waals surface area (Å²) in [5.74, 6) is -0.559. The molecule has 2 heterocycles. The highest BCUT2D eigenvalue weighted by molar-refractivity contribution is 5.96. The zero-order chi connectivity index (χ0) is 25.8. The van der Waals surface area contributed by atoms with E-state index in [9.17, 15) is 13.6 Å². The summed E-state index contributed by atoms with van der Waals surface area (Å²) in [7, 11) is 0. The molecular formula is C30H33F2N3O2. The fraction of sp³-hybridized carbons (Fsp3) is 0.267. The van der Waals surface area contributed by atoms with Crippen LogP contribution in [0.2, 0.25) is 0 Å². The number of ether oxygens (including phenoxy) is 1. The van der Waals surface area contributed by atoms with E-state index >= 15 is 0 Å². The number of nitrogens with one attached hydrogen (secondary N) is 1. The average molecular weight is 506 g/mol. The van der Waals surface area contributed by atoms with Crippen molar-refractivity contribution in [1.82, 2.24) is 14.9 Å². The van der Waals surface area contributed by atoms with Crippen molar-refractivity contribution in [2.45, 2.75) is 51.6 Å². The van der Waals surface area contributed by atoms with Crippen LogP contribution in [0.1, 0.15) is 62.5 Å².